The Balaban J connectivity index is 4.40. The van der Waals surface area contributed by atoms with Gasteiger partial charge < -0.3 is 18.4 Å². The molecule has 1 N–H and O–H groups in total. The van der Waals surface area contributed by atoms with Crippen LogP contribution in [0, 0.1) is 5.92 Å². The third-order valence-electron chi connectivity index (χ3n) is 1.80. The van der Waals surface area contributed by atoms with Crippen molar-refractivity contribution >= 4 is 8.80 Å². The van der Waals surface area contributed by atoms with Crippen LogP contribution in [0.4, 0.5) is 0 Å². The minimum Gasteiger partial charge on any atom is -0.394 e. The molecule has 92 valence electrons. The number of aliphatic hydroxyl groups is 1. The predicted octanol–water partition coefficient (Wildman–Crippen LogP) is 1.66. The summed E-state index contributed by atoms with van der Waals surface area (Å²) in [5.74, 6) is 0.466. The van der Waals surface area contributed by atoms with Crippen LogP contribution in [-0.4, -0.2) is 40.3 Å². The van der Waals surface area contributed by atoms with Crippen molar-refractivity contribution in [3.8, 4) is 0 Å². The molecule has 0 bridgehead atoms. The van der Waals surface area contributed by atoms with Gasteiger partial charge in [0.2, 0.25) is 0 Å². The number of rotatable bonds is 9. The van der Waals surface area contributed by atoms with Crippen LogP contribution in [0.1, 0.15) is 27.7 Å². The average Bonchev–Trinajstić information content (AvgIpc) is 2.14. The summed E-state index contributed by atoms with van der Waals surface area (Å²) in [5.41, 5.74) is 0. The highest BCUT2D eigenvalue weighted by molar-refractivity contribution is 6.60. The fourth-order valence-electron chi connectivity index (χ4n) is 1.44. The van der Waals surface area contributed by atoms with Crippen LogP contribution in [-0.2, 0) is 13.3 Å². The summed E-state index contributed by atoms with van der Waals surface area (Å²) in [4.78, 5) is 0. The maximum atomic E-state index is 8.79. The molecule has 0 saturated carbocycles. The predicted molar refractivity (Wildman–Crippen MR) is 61.7 cm³/mol. The standard InChI is InChI=1S/C10H24O4Si/c1-5-12-15(13-6-2,9-10(3)4)14-8-7-11/h10-11H,5-9H2,1-4H3. The first-order valence-corrected chi connectivity index (χ1v) is 7.56. The molecule has 0 rings (SSSR count). The molecule has 0 atom stereocenters. The van der Waals surface area contributed by atoms with Crippen molar-refractivity contribution in [2.45, 2.75) is 33.7 Å². The first-order chi connectivity index (χ1) is 7.10. The van der Waals surface area contributed by atoms with Crippen molar-refractivity contribution in [2.24, 2.45) is 5.92 Å². The van der Waals surface area contributed by atoms with E-state index >= 15 is 0 Å². The Morgan fingerprint density at radius 1 is 1.07 bits per heavy atom. The van der Waals surface area contributed by atoms with E-state index in [1.807, 2.05) is 13.8 Å². The van der Waals surface area contributed by atoms with Crippen molar-refractivity contribution in [1.82, 2.24) is 0 Å². The van der Waals surface area contributed by atoms with Gasteiger partial charge in [0, 0.05) is 19.3 Å². The van der Waals surface area contributed by atoms with Gasteiger partial charge in [0.05, 0.1) is 13.2 Å². The minimum absolute atomic E-state index is 0.00694. The van der Waals surface area contributed by atoms with Crippen LogP contribution in [0.5, 0.6) is 0 Å². The zero-order valence-corrected chi connectivity index (χ0v) is 11.3. The van der Waals surface area contributed by atoms with Gasteiger partial charge in [0.15, 0.2) is 0 Å². The van der Waals surface area contributed by atoms with Gasteiger partial charge in [-0.1, -0.05) is 13.8 Å². The van der Waals surface area contributed by atoms with Crippen molar-refractivity contribution in [3.63, 3.8) is 0 Å². The molecule has 0 saturated heterocycles. The van der Waals surface area contributed by atoms with Crippen molar-refractivity contribution in [2.75, 3.05) is 26.4 Å². The third kappa shape index (κ3) is 6.27. The van der Waals surface area contributed by atoms with Gasteiger partial charge in [0.1, 0.15) is 0 Å². The summed E-state index contributed by atoms with van der Waals surface area (Å²) in [7, 11) is -2.54. The quantitative estimate of drug-likeness (QED) is 0.619. The molecule has 0 aromatic carbocycles. The molecule has 0 aromatic rings. The lowest BCUT2D eigenvalue weighted by Crippen LogP contribution is -2.47. The maximum Gasteiger partial charge on any atom is 0.501 e. The zero-order chi connectivity index (χ0) is 11.7. The van der Waals surface area contributed by atoms with Crippen LogP contribution in [0.25, 0.3) is 0 Å². The highest BCUT2D eigenvalue weighted by Gasteiger charge is 2.41. The Labute approximate surface area is 93.9 Å². The summed E-state index contributed by atoms with van der Waals surface area (Å²) in [6.07, 6.45) is 0. The molecule has 0 aliphatic rings. The summed E-state index contributed by atoms with van der Waals surface area (Å²) >= 11 is 0. The van der Waals surface area contributed by atoms with Gasteiger partial charge in [-0.15, -0.1) is 0 Å². The molecule has 0 amide bonds. The molecule has 15 heavy (non-hydrogen) atoms. The fraction of sp³-hybridized carbons (Fsp3) is 1.00. The molecule has 0 fully saturated rings. The smallest absolute Gasteiger partial charge is 0.394 e. The molecule has 0 aliphatic carbocycles. The van der Waals surface area contributed by atoms with Crippen LogP contribution < -0.4 is 0 Å². The van der Waals surface area contributed by atoms with E-state index in [9.17, 15) is 0 Å². The largest absolute Gasteiger partial charge is 0.501 e. The van der Waals surface area contributed by atoms with Crippen LogP contribution in [0.3, 0.4) is 0 Å². The fourth-order valence-corrected chi connectivity index (χ4v) is 4.33. The number of aliphatic hydroxyl groups excluding tert-OH is 1. The van der Waals surface area contributed by atoms with Gasteiger partial charge >= 0.3 is 8.80 Å². The summed E-state index contributed by atoms with van der Waals surface area (Å²) in [6, 6.07) is 0.800. The summed E-state index contributed by atoms with van der Waals surface area (Å²) < 4.78 is 16.9. The molecule has 0 heterocycles. The number of hydrogen-bond acceptors (Lipinski definition) is 4. The lowest BCUT2D eigenvalue weighted by Gasteiger charge is -2.29. The summed E-state index contributed by atoms with van der Waals surface area (Å²) in [6.45, 7) is 9.57. The van der Waals surface area contributed by atoms with E-state index in [-0.39, 0.29) is 6.61 Å². The highest BCUT2D eigenvalue weighted by atomic mass is 28.4. The molecule has 0 radical (unpaired) electrons. The van der Waals surface area contributed by atoms with Crippen LogP contribution in [0.2, 0.25) is 6.04 Å². The minimum atomic E-state index is -2.54. The second kappa shape index (κ2) is 8.24. The Bertz CT molecular complexity index is 146. The van der Waals surface area contributed by atoms with Gasteiger partial charge in [0.25, 0.3) is 0 Å². The average molecular weight is 236 g/mol. The molecule has 0 aromatic heterocycles. The van der Waals surface area contributed by atoms with E-state index in [1.54, 1.807) is 0 Å². The maximum absolute atomic E-state index is 8.79. The molecule has 0 aliphatic heterocycles. The Morgan fingerprint density at radius 3 is 1.93 bits per heavy atom. The zero-order valence-electron chi connectivity index (χ0n) is 10.3. The van der Waals surface area contributed by atoms with E-state index in [4.69, 9.17) is 18.4 Å². The third-order valence-corrected chi connectivity index (χ3v) is 5.22. The number of hydrogen-bond donors (Lipinski definition) is 1. The molecule has 4 nitrogen and oxygen atoms in total. The van der Waals surface area contributed by atoms with Crippen LogP contribution in [0.15, 0.2) is 0 Å². The molecule has 5 heteroatoms. The summed E-state index contributed by atoms with van der Waals surface area (Å²) in [5, 5.41) is 8.79. The highest BCUT2D eigenvalue weighted by Crippen LogP contribution is 2.21. The van der Waals surface area contributed by atoms with Crippen LogP contribution >= 0.6 is 0 Å². The monoisotopic (exact) mass is 236 g/mol. The van der Waals surface area contributed by atoms with Gasteiger partial charge in [-0.3, -0.25) is 0 Å². The van der Waals surface area contributed by atoms with Gasteiger partial charge in [-0.05, 0) is 19.8 Å². The van der Waals surface area contributed by atoms with E-state index in [2.05, 4.69) is 13.8 Å². The van der Waals surface area contributed by atoms with Crippen molar-refractivity contribution < 1.29 is 18.4 Å². The second-order valence-corrected chi connectivity index (χ2v) is 6.36. The Morgan fingerprint density at radius 2 is 1.60 bits per heavy atom. The molecular weight excluding hydrogens is 212 g/mol. The van der Waals surface area contributed by atoms with E-state index < -0.39 is 8.80 Å². The molecular formula is C10H24O4Si. The lowest BCUT2D eigenvalue weighted by atomic mass is 10.3. The van der Waals surface area contributed by atoms with Gasteiger partial charge in [-0.2, -0.15) is 0 Å². The lowest BCUT2D eigenvalue weighted by molar-refractivity contribution is 0.0508. The van der Waals surface area contributed by atoms with E-state index in [0.29, 0.717) is 25.7 Å². The Hall–Kier alpha value is 0.0569. The topological polar surface area (TPSA) is 47.9 Å². The van der Waals surface area contributed by atoms with Crippen molar-refractivity contribution in [3.05, 3.63) is 0 Å². The van der Waals surface area contributed by atoms with E-state index in [0.717, 1.165) is 6.04 Å². The SMILES string of the molecule is CCO[Si](CC(C)C)(OCC)OCCO. The van der Waals surface area contributed by atoms with Gasteiger partial charge in [-0.25, -0.2) is 0 Å². The van der Waals surface area contributed by atoms with E-state index in [1.165, 1.54) is 0 Å². The first-order valence-electron chi connectivity index (χ1n) is 5.63. The first kappa shape index (κ1) is 15.1. The normalized spacial score (nSPS) is 12.4. The van der Waals surface area contributed by atoms with Crippen molar-refractivity contribution in [1.29, 1.82) is 0 Å². The molecule has 0 spiro atoms. The Kier molecular flexibility index (Phi) is 8.27. The molecule has 0 unspecified atom stereocenters. The second-order valence-electron chi connectivity index (χ2n) is 3.72.